The SMILES string of the molecule is COC(=O)N[C@H](C(=O)N1CCC[C@H]1c1ncc(-c2ccc(-c3ccc(-c4cnc([C@@H]5CCCN5C(=O)[C@@H](NC(=O)OC)C(C)C)[nH]4)c4c3CCC4)cc2)[nH]1)C(C)C.COC(=O)N[C@H](C(=O)N1CCC[C@H]1c1ncc(-c2ccc(-c3ccc(-c4cnc([C@@H]5CCCN5C(=O)[C@@H](NC(=O)OC)C(C)C)[nH]4)c4c3OCO4)cc2)[nH]1)C(C)C. The molecule has 0 radical (unpaired) electrons. The number of carbonyl (C=O) groups is 8. The van der Waals surface area contributed by atoms with Crippen molar-refractivity contribution >= 4 is 48.0 Å². The number of nitrogens with zero attached hydrogens (tertiary/aromatic N) is 8. The van der Waals surface area contributed by atoms with Crippen molar-refractivity contribution in [2.75, 3.05) is 61.4 Å². The molecule has 0 unspecified atom stereocenters. The summed E-state index contributed by atoms with van der Waals surface area (Å²) in [6, 6.07) is 21.2. The number of hydrogen-bond donors (Lipinski definition) is 8. The second-order valence-corrected chi connectivity index (χ2v) is 31.3. The van der Waals surface area contributed by atoms with Gasteiger partial charge in [0.05, 0.1) is 100 Å². The molecule has 0 spiro atoms. The van der Waals surface area contributed by atoms with E-state index in [2.05, 4.69) is 82.6 Å². The zero-order chi connectivity index (χ0) is 80.8. The first-order valence-corrected chi connectivity index (χ1v) is 39.6. The summed E-state index contributed by atoms with van der Waals surface area (Å²) < 4.78 is 31.1. The average Bonchev–Trinajstić information content (AvgIpc) is 1.56. The highest BCUT2D eigenvalue weighted by Crippen LogP contribution is 2.49. The molecule has 4 saturated heterocycles. The Morgan fingerprint density at radius 3 is 0.974 bits per heavy atom. The molecule has 8 N–H and O–H groups in total. The average molecular weight is 1560 g/mol. The Kier molecular flexibility index (Phi) is 24.8. The Hall–Kier alpha value is -11.7. The van der Waals surface area contributed by atoms with Crippen LogP contribution in [0.1, 0.15) is 172 Å². The van der Waals surface area contributed by atoms with E-state index in [0.29, 0.717) is 49.3 Å². The molecule has 1 aliphatic carbocycles. The van der Waals surface area contributed by atoms with Crippen LogP contribution in [0.25, 0.3) is 67.3 Å². The molecule has 8 atom stereocenters. The third-order valence-corrected chi connectivity index (χ3v) is 22.8. The minimum absolute atomic E-state index is 0.0708. The van der Waals surface area contributed by atoms with Gasteiger partial charge in [-0.25, -0.2) is 39.1 Å². The molecule has 5 aliphatic heterocycles. The quantitative estimate of drug-likeness (QED) is 0.0292. The summed E-state index contributed by atoms with van der Waals surface area (Å²) in [6.45, 7) is 17.6. The van der Waals surface area contributed by atoms with Gasteiger partial charge in [0.15, 0.2) is 11.5 Å². The van der Waals surface area contributed by atoms with Crippen LogP contribution in [0.3, 0.4) is 0 Å². The summed E-state index contributed by atoms with van der Waals surface area (Å²) in [5.41, 5.74) is 14.0. The van der Waals surface area contributed by atoms with Crippen LogP contribution in [-0.2, 0) is 51.0 Å². The lowest BCUT2D eigenvalue weighted by Crippen LogP contribution is -2.51. The Bertz CT molecular complexity index is 4510. The zero-order valence-electron chi connectivity index (χ0n) is 66.8. The fraction of sp³-hybridized carbons (Fsp3) is 0.476. The lowest BCUT2D eigenvalue weighted by atomic mass is 9.92. The van der Waals surface area contributed by atoms with Gasteiger partial charge in [-0.1, -0.05) is 116 Å². The van der Waals surface area contributed by atoms with Crippen molar-refractivity contribution in [1.82, 2.24) is 80.7 Å². The number of alkyl carbamates (subject to hydrolysis) is 4. The van der Waals surface area contributed by atoms with E-state index in [-0.39, 0.29) is 78.3 Å². The number of aromatic nitrogens is 8. The normalized spacial score (nSPS) is 18.7. The molecule has 4 aromatic carbocycles. The Balaban J connectivity index is 0.000000199. The highest BCUT2D eigenvalue weighted by molar-refractivity contribution is 5.90. The summed E-state index contributed by atoms with van der Waals surface area (Å²) in [4.78, 5) is 142. The molecule has 0 bridgehead atoms. The minimum Gasteiger partial charge on any atom is -0.453 e. The molecule has 114 heavy (non-hydrogen) atoms. The first kappa shape index (κ1) is 80.3. The number of amides is 8. The van der Waals surface area contributed by atoms with Gasteiger partial charge in [-0.2, -0.15) is 0 Å². The molecular weight excluding hydrogens is 1460 g/mol. The van der Waals surface area contributed by atoms with Gasteiger partial charge in [-0.15, -0.1) is 0 Å². The number of nitrogens with one attached hydrogen (secondary N) is 8. The Morgan fingerprint density at radius 2 is 0.632 bits per heavy atom. The number of fused-ring (bicyclic) bond motifs is 2. The molecule has 604 valence electrons. The lowest BCUT2D eigenvalue weighted by Gasteiger charge is -2.30. The molecule has 4 fully saturated rings. The van der Waals surface area contributed by atoms with Crippen molar-refractivity contribution in [3.63, 3.8) is 0 Å². The fourth-order valence-electron chi connectivity index (χ4n) is 16.7. The van der Waals surface area contributed by atoms with E-state index >= 15 is 0 Å². The van der Waals surface area contributed by atoms with Crippen LogP contribution in [0.15, 0.2) is 97.6 Å². The first-order chi connectivity index (χ1) is 55.0. The highest BCUT2D eigenvalue weighted by Gasteiger charge is 2.43. The van der Waals surface area contributed by atoms with Gasteiger partial charge >= 0.3 is 24.4 Å². The number of carbonyl (C=O) groups excluding carboxylic acids is 8. The highest BCUT2D eigenvalue weighted by atomic mass is 16.7. The van der Waals surface area contributed by atoms with Crippen molar-refractivity contribution in [3.8, 4) is 78.8 Å². The standard InChI is InChI=1S/C43H54N8O6.C41H50N8O8/c1-24(2)36(48-42(54)56-5)40(52)50-20-8-12-34(50)38-44-22-32(46-38)27-16-14-26(15-17-27)28-18-19-31(30-11-7-10-29(28)30)33-23-45-39(47-33)35-13-9-21-51(35)41(53)37(25(3)4)49-43(55)57-6;1-22(2)32(46-40(52)54-5)38(50)48-17-7-9-30(48)36-42-19-28(44-36)25-13-11-24(12-14-25)26-15-16-27(35-34(26)56-21-57-35)29-20-43-37(45-29)31-10-8-18-49(31)39(51)33(23(3)4)47-41(53)55-6/h14-19,22-25,34-37H,7-13,20-21H2,1-6H3,(H,44,46)(H,45,47)(H,48,54)(H,49,55);11-16,19-20,22-23,30-33H,7-10,17-18,21H2,1-6H3,(H,42,44)(H,43,45)(H,46,52)(H,47,53)/t34-,35-,36-,37-;30-,31-,32-,33-/m00/s1. The van der Waals surface area contributed by atoms with Gasteiger partial charge in [0.2, 0.25) is 30.4 Å². The maximum Gasteiger partial charge on any atom is 0.407 e. The van der Waals surface area contributed by atoms with Crippen LogP contribution in [0, 0.1) is 23.7 Å². The van der Waals surface area contributed by atoms with Gasteiger partial charge in [0.1, 0.15) is 47.5 Å². The number of benzene rings is 4. The third-order valence-electron chi connectivity index (χ3n) is 22.8. The number of hydrogen-bond acceptors (Lipinski definition) is 18. The van der Waals surface area contributed by atoms with Crippen molar-refractivity contribution in [3.05, 3.63) is 132 Å². The van der Waals surface area contributed by atoms with Gasteiger partial charge in [-0.3, -0.25) is 19.2 Å². The van der Waals surface area contributed by atoms with Gasteiger partial charge in [0.25, 0.3) is 0 Å². The molecular formula is C84H104N16O14. The largest absolute Gasteiger partial charge is 0.453 e. The molecule has 30 nitrogen and oxygen atoms in total. The van der Waals surface area contributed by atoms with Gasteiger partial charge in [0, 0.05) is 42.9 Å². The third kappa shape index (κ3) is 16.8. The fourth-order valence-corrected chi connectivity index (χ4v) is 16.7. The molecule has 8 aromatic rings. The Labute approximate surface area is 662 Å². The van der Waals surface area contributed by atoms with Crippen LogP contribution in [-0.4, -0.2) is 193 Å². The van der Waals surface area contributed by atoms with Crippen molar-refractivity contribution < 1.29 is 66.8 Å². The number of rotatable bonds is 22. The molecule has 8 amide bonds. The van der Waals surface area contributed by atoms with Gasteiger partial charge < -0.3 is 89.2 Å². The van der Waals surface area contributed by atoms with Gasteiger partial charge in [-0.05, 0) is 145 Å². The summed E-state index contributed by atoms with van der Waals surface area (Å²) in [7, 11) is 5.16. The smallest absolute Gasteiger partial charge is 0.407 e. The second kappa shape index (κ2) is 35.1. The minimum atomic E-state index is -0.720. The topological polar surface area (TPSA) is 368 Å². The molecule has 14 rings (SSSR count). The predicted molar refractivity (Wildman–Crippen MR) is 424 cm³/mol. The first-order valence-electron chi connectivity index (χ1n) is 39.6. The lowest BCUT2D eigenvalue weighted by molar-refractivity contribution is -0.136. The van der Waals surface area contributed by atoms with Crippen molar-refractivity contribution in [2.45, 2.75) is 174 Å². The van der Waals surface area contributed by atoms with E-state index in [9.17, 15) is 38.4 Å². The van der Waals surface area contributed by atoms with E-state index in [1.165, 1.54) is 45.1 Å². The van der Waals surface area contributed by atoms with E-state index < -0.39 is 48.5 Å². The van der Waals surface area contributed by atoms with E-state index in [0.717, 1.165) is 144 Å². The zero-order valence-corrected chi connectivity index (χ0v) is 66.8. The summed E-state index contributed by atoms with van der Waals surface area (Å²) in [5.74, 6) is 3.03. The summed E-state index contributed by atoms with van der Waals surface area (Å²) in [5, 5.41) is 10.8. The van der Waals surface area contributed by atoms with Crippen LogP contribution in [0.4, 0.5) is 19.2 Å². The number of H-pyrrole nitrogens is 4. The van der Waals surface area contributed by atoms with Crippen molar-refractivity contribution in [1.29, 1.82) is 0 Å². The summed E-state index contributed by atoms with van der Waals surface area (Å²) in [6.07, 6.45) is 14.2. The maximum atomic E-state index is 13.7. The summed E-state index contributed by atoms with van der Waals surface area (Å²) >= 11 is 0. The van der Waals surface area contributed by atoms with E-state index in [1.807, 2.05) is 114 Å². The second-order valence-electron chi connectivity index (χ2n) is 31.3. The molecule has 6 aliphatic rings. The van der Waals surface area contributed by atoms with E-state index in [1.54, 1.807) is 22.2 Å². The molecule has 30 heteroatoms. The number of methoxy groups -OCH3 is 4. The van der Waals surface area contributed by atoms with Crippen LogP contribution >= 0.6 is 0 Å². The molecule has 0 saturated carbocycles. The van der Waals surface area contributed by atoms with Crippen LogP contribution < -0.4 is 30.7 Å². The molecule has 4 aromatic heterocycles. The predicted octanol–water partition coefficient (Wildman–Crippen LogP) is 12.7. The van der Waals surface area contributed by atoms with E-state index in [4.69, 9.17) is 43.4 Å². The number of imidazole rings is 4. The molecule has 9 heterocycles. The monoisotopic (exact) mass is 1560 g/mol. The van der Waals surface area contributed by atoms with Crippen LogP contribution in [0.5, 0.6) is 11.5 Å². The van der Waals surface area contributed by atoms with Crippen LogP contribution in [0.2, 0.25) is 0 Å². The van der Waals surface area contributed by atoms with Crippen molar-refractivity contribution in [2.24, 2.45) is 23.7 Å². The maximum absolute atomic E-state index is 13.7. The number of aromatic amines is 4. The Morgan fingerprint density at radius 1 is 0.360 bits per heavy atom. The number of ether oxygens (including phenoxy) is 6. The number of likely N-dealkylation sites (tertiary alicyclic amines) is 4.